The highest BCUT2D eigenvalue weighted by atomic mass is 16.5. The fraction of sp³-hybridized carbons (Fsp3) is 0.172. The molecule has 0 fully saturated rings. The Morgan fingerprint density at radius 3 is 2.68 bits per heavy atom. The molecule has 0 saturated heterocycles. The smallest absolute Gasteiger partial charge is 0.255 e. The molecule has 2 aromatic carbocycles. The summed E-state index contributed by atoms with van der Waals surface area (Å²) < 4.78 is 6.08. The highest BCUT2D eigenvalue weighted by molar-refractivity contribution is 6.04. The maximum Gasteiger partial charge on any atom is 0.255 e. The van der Waals surface area contributed by atoms with E-state index in [1.54, 1.807) is 42.9 Å². The molecule has 0 spiro atoms. The molecule has 184 valence electrons. The maximum atomic E-state index is 12.5. The normalized spacial score (nSPS) is 14.0. The standard InChI is InChI=1S/C29H26N6O2/c30-15-21-5-3-20(4-6-21)11-13-32-18-26-19-33-27-14-24(16-34-29(27)37-26)22-7-9-23(10-8-22)28(36)35-25-2-1-12-31-17-25/h1-10,12,14,16-17,26,32-33H,11,13,18-19H2,(H,35,36). The van der Waals surface area contributed by atoms with Gasteiger partial charge in [-0.2, -0.15) is 5.26 Å². The molecule has 1 aliphatic heterocycles. The number of aromatic nitrogens is 2. The number of nitriles is 1. The van der Waals surface area contributed by atoms with Gasteiger partial charge in [0.2, 0.25) is 5.88 Å². The van der Waals surface area contributed by atoms with Crippen LogP contribution in [-0.2, 0) is 6.42 Å². The number of fused-ring (bicyclic) bond motifs is 1. The predicted octanol–water partition coefficient (Wildman–Crippen LogP) is 4.27. The quantitative estimate of drug-likeness (QED) is 0.316. The Morgan fingerprint density at radius 2 is 1.92 bits per heavy atom. The minimum atomic E-state index is -0.185. The van der Waals surface area contributed by atoms with Crippen molar-refractivity contribution in [2.24, 2.45) is 0 Å². The van der Waals surface area contributed by atoms with Gasteiger partial charge in [0.25, 0.3) is 5.91 Å². The van der Waals surface area contributed by atoms with Crippen LogP contribution in [0, 0.1) is 11.3 Å². The molecule has 1 amide bonds. The van der Waals surface area contributed by atoms with E-state index < -0.39 is 0 Å². The number of carbonyl (C=O) groups is 1. The molecule has 1 atom stereocenters. The van der Waals surface area contributed by atoms with Crippen molar-refractivity contribution in [1.82, 2.24) is 15.3 Å². The van der Waals surface area contributed by atoms with Crippen LogP contribution in [0.5, 0.6) is 5.88 Å². The SMILES string of the molecule is N#Cc1ccc(CCNCC2CNc3cc(-c4ccc(C(=O)Nc5cccnc5)cc4)cnc3O2)cc1. The summed E-state index contributed by atoms with van der Waals surface area (Å²) in [5.41, 5.74) is 5.83. The molecule has 8 nitrogen and oxygen atoms in total. The average Bonchev–Trinajstić information content (AvgIpc) is 2.96. The van der Waals surface area contributed by atoms with E-state index in [-0.39, 0.29) is 12.0 Å². The van der Waals surface area contributed by atoms with Crippen molar-refractivity contribution in [3.8, 4) is 23.1 Å². The van der Waals surface area contributed by atoms with E-state index in [0.717, 1.165) is 29.8 Å². The van der Waals surface area contributed by atoms with Crippen molar-refractivity contribution in [2.75, 3.05) is 30.3 Å². The summed E-state index contributed by atoms with van der Waals surface area (Å²) in [6, 6.07) is 22.8. The van der Waals surface area contributed by atoms with Crippen LogP contribution < -0.4 is 20.7 Å². The Hall–Kier alpha value is -4.74. The van der Waals surface area contributed by atoms with Gasteiger partial charge >= 0.3 is 0 Å². The molecule has 8 heteroatoms. The molecule has 5 rings (SSSR count). The molecule has 0 aliphatic carbocycles. The number of pyridine rings is 2. The van der Waals surface area contributed by atoms with E-state index in [1.165, 1.54) is 5.56 Å². The van der Waals surface area contributed by atoms with E-state index in [1.807, 2.05) is 42.5 Å². The number of nitrogens with zero attached hydrogens (tertiary/aromatic N) is 3. The summed E-state index contributed by atoms with van der Waals surface area (Å²) in [5.74, 6) is 0.399. The number of carbonyl (C=O) groups excluding carboxylic acids is 1. The van der Waals surface area contributed by atoms with Crippen LogP contribution >= 0.6 is 0 Å². The molecule has 0 radical (unpaired) electrons. The summed E-state index contributed by atoms with van der Waals surface area (Å²) in [6.07, 6.45) is 5.91. The van der Waals surface area contributed by atoms with Gasteiger partial charge in [0, 0.05) is 30.1 Å². The van der Waals surface area contributed by atoms with Crippen molar-refractivity contribution < 1.29 is 9.53 Å². The minimum Gasteiger partial charge on any atom is -0.470 e. The fourth-order valence-electron chi connectivity index (χ4n) is 4.06. The second-order valence-electron chi connectivity index (χ2n) is 8.73. The third kappa shape index (κ3) is 6.10. The van der Waals surface area contributed by atoms with Crippen LogP contribution in [0.2, 0.25) is 0 Å². The van der Waals surface area contributed by atoms with E-state index >= 15 is 0 Å². The van der Waals surface area contributed by atoms with Crippen LogP contribution in [0.25, 0.3) is 11.1 Å². The molecule has 1 aliphatic rings. The average molecular weight is 491 g/mol. The molecule has 0 saturated carbocycles. The lowest BCUT2D eigenvalue weighted by molar-refractivity contribution is 0.102. The van der Waals surface area contributed by atoms with Gasteiger partial charge in [-0.3, -0.25) is 9.78 Å². The third-order valence-electron chi connectivity index (χ3n) is 6.09. The first-order valence-electron chi connectivity index (χ1n) is 12.1. The van der Waals surface area contributed by atoms with Crippen molar-refractivity contribution >= 4 is 17.3 Å². The van der Waals surface area contributed by atoms with E-state index in [0.29, 0.717) is 35.8 Å². The summed E-state index contributed by atoms with van der Waals surface area (Å²) >= 11 is 0. The molecular formula is C29H26N6O2. The fourth-order valence-corrected chi connectivity index (χ4v) is 4.06. The monoisotopic (exact) mass is 490 g/mol. The second-order valence-corrected chi connectivity index (χ2v) is 8.73. The third-order valence-corrected chi connectivity index (χ3v) is 6.09. The Bertz CT molecular complexity index is 1400. The van der Waals surface area contributed by atoms with Crippen molar-refractivity contribution in [1.29, 1.82) is 5.26 Å². The van der Waals surface area contributed by atoms with Gasteiger partial charge in [-0.15, -0.1) is 0 Å². The second kappa shape index (κ2) is 11.3. The molecule has 1 unspecified atom stereocenters. The molecular weight excluding hydrogens is 464 g/mol. The molecule has 4 aromatic rings. The summed E-state index contributed by atoms with van der Waals surface area (Å²) in [6.45, 7) is 2.20. The Labute approximate surface area is 215 Å². The van der Waals surface area contributed by atoms with Crippen LogP contribution in [0.4, 0.5) is 11.4 Å². The van der Waals surface area contributed by atoms with E-state index in [2.05, 4.69) is 32.0 Å². The molecule has 3 heterocycles. The van der Waals surface area contributed by atoms with Crippen LogP contribution in [0.3, 0.4) is 0 Å². The Balaban J connectivity index is 1.13. The highest BCUT2D eigenvalue weighted by Gasteiger charge is 2.20. The highest BCUT2D eigenvalue weighted by Crippen LogP contribution is 2.31. The lowest BCUT2D eigenvalue weighted by atomic mass is 10.0. The Morgan fingerprint density at radius 1 is 1.08 bits per heavy atom. The molecule has 2 aromatic heterocycles. The number of amides is 1. The van der Waals surface area contributed by atoms with Gasteiger partial charge in [-0.05, 0) is 66.6 Å². The number of nitrogens with one attached hydrogen (secondary N) is 3. The van der Waals surface area contributed by atoms with Gasteiger partial charge in [0.05, 0.1) is 35.7 Å². The van der Waals surface area contributed by atoms with Crippen molar-refractivity contribution in [3.63, 3.8) is 0 Å². The van der Waals surface area contributed by atoms with Crippen LogP contribution in [-0.4, -0.2) is 41.6 Å². The zero-order valence-electron chi connectivity index (χ0n) is 20.1. The summed E-state index contributed by atoms with van der Waals surface area (Å²) in [7, 11) is 0. The predicted molar refractivity (Wildman–Crippen MR) is 142 cm³/mol. The number of rotatable bonds is 8. The van der Waals surface area contributed by atoms with Crippen LogP contribution in [0.15, 0.2) is 85.3 Å². The topological polar surface area (TPSA) is 112 Å². The number of hydrogen-bond acceptors (Lipinski definition) is 7. The Kier molecular flexibility index (Phi) is 7.34. The van der Waals surface area contributed by atoms with Crippen LogP contribution in [0.1, 0.15) is 21.5 Å². The van der Waals surface area contributed by atoms with Crippen molar-refractivity contribution in [3.05, 3.63) is 102 Å². The van der Waals surface area contributed by atoms with Gasteiger partial charge in [0.1, 0.15) is 6.10 Å². The number of ether oxygens (including phenoxy) is 1. The lowest BCUT2D eigenvalue weighted by Crippen LogP contribution is -2.40. The number of hydrogen-bond donors (Lipinski definition) is 3. The summed E-state index contributed by atoms with van der Waals surface area (Å²) in [5, 5.41) is 18.6. The van der Waals surface area contributed by atoms with Crippen molar-refractivity contribution in [2.45, 2.75) is 12.5 Å². The number of anilines is 2. The van der Waals surface area contributed by atoms with Gasteiger partial charge in [-0.1, -0.05) is 24.3 Å². The minimum absolute atomic E-state index is 0.0237. The van der Waals surface area contributed by atoms with Gasteiger partial charge in [-0.25, -0.2) is 4.98 Å². The first-order chi connectivity index (χ1) is 18.2. The molecule has 0 bridgehead atoms. The maximum absolute atomic E-state index is 12.5. The largest absolute Gasteiger partial charge is 0.470 e. The first-order valence-corrected chi connectivity index (χ1v) is 12.1. The van der Waals surface area contributed by atoms with Gasteiger partial charge in [0.15, 0.2) is 0 Å². The zero-order valence-corrected chi connectivity index (χ0v) is 20.1. The van der Waals surface area contributed by atoms with E-state index in [9.17, 15) is 4.79 Å². The van der Waals surface area contributed by atoms with Gasteiger partial charge < -0.3 is 20.7 Å². The number of benzene rings is 2. The molecule has 3 N–H and O–H groups in total. The zero-order chi connectivity index (χ0) is 25.5. The lowest BCUT2D eigenvalue weighted by Gasteiger charge is -2.27. The summed E-state index contributed by atoms with van der Waals surface area (Å²) in [4.78, 5) is 21.0. The first kappa shape index (κ1) is 24.0. The van der Waals surface area contributed by atoms with E-state index in [4.69, 9.17) is 10.00 Å². The molecule has 37 heavy (non-hydrogen) atoms.